The van der Waals surface area contributed by atoms with Crippen molar-refractivity contribution in [2.24, 2.45) is 5.92 Å². The molecule has 2 saturated heterocycles. The van der Waals surface area contributed by atoms with Gasteiger partial charge in [0.25, 0.3) is 0 Å². The number of anilines is 1. The fourth-order valence-corrected chi connectivity index (χ4v) is 4.37. The Morgan fingerprint density at radius 2 is 2.00 bits per heavy atom. The summed E-state index contributed by atoms with van der Waals surface area (Å²) < 4.78 is 17.0. The summed E-state index contributed by atoms with van der Waals surface area (Å²) in [5.74, 6) is -0.380. The Bertz CT molecular complexity index is 746. The molecule has 2 fully saturated rings. The second kappa shape index (κ2) is 8.06. The molecule has 1 aromatic carbocycles. The maximum atomic E-state index is 12.5. The molecule has 1 aromatic rings. The summed E-state index contributed by atoms with van der Waals surface area (Å²) >= 11 is 0. The number of carboxylic acids is 1. The number of carbonyl (C=O) groups excluding carboxylic acids is 1. The van der Waals surface area contributed by atoms with Crippen molar-refractivity contribution in [1.29, 1.82) is 0 Å². The summed E-state index contributed by atoms with van der Waals surface area (Å²) in [6, 6.07) is 5.51. The molecule has 0 unspecified atom stereocenters. The fraction of sp³-hybridized carbons (Fsp3) is 0.600. The van der Waals surface area contributed by atoms with E-state index in [1.807, 2.05) is 12.1 Å². The van der Waals surface area contributed by atoms with E-state index in [1.165, 1.54) is 0 Å². The van der Waals surface area contributed by atoms with Crippen LogP contribution in [0.15, 0.2) is 18.2 Å². The van der Waals surface area contributed by atoms with Crippen LogP contribution in [0.3, 0.4) is 0 Å². The zero-order valence-corrected chi connectivity index (χ0v) is 15.5. The Kier molecular flexibility index (Phi) is 5.52. The average Bonchev–Trinajstić information content (AvgIpc) is 3.05. The lowest BCUT2D eigenvalue weighted by Crippen LogP contribution is -2.46. The Morgan fingerprint density at radius 3 is 2.71 bits per heavy atom. The summed E-state index contributed by atoms with van der Waals surface area (Å²) in [7, 11) is 0. The minimum absolute atomic E-state index is 0.0114. The molecular weight excluding hydrogens is 366 g/mol. The molecule has 3 aliphatic rings. The first kappa shape index (κ1) is 19.2. The molecule has 0 saturated carbocycles. The summed E-state index contributed by atoms with van der Waals surface area (Å²) in [5, 5.41) is 21.7. The lowest BCUT2D eigenvalue weighted by atomic mass is 9.84. The number of amides is 1. The van der Waals surface area contributed by atoms with Crippen LogP contribution in [0.4, 0.5) is 5.69 Å². The molecule has 3 N–H and O–H groups in total. The number of aliphatic carboxylic acids is 1. The van der Waals surface area contributed by atoms with E-state index in [0.29, 0.717) is 31.1 Å². The molecule has 3 heterocycles. The highest BCUT2D eigenvalue weighted by molar-refractivity contribution is 5.92. The number of fused-ring (bicyclic) bond motifs is 3. The van der Waals surface area contributed by atoms with E-state index in [-0.39, 0.29) is 36.9 Å². The van der Waals surface area contributed by atoms with Gasteiger partial charge in [0.15, 0.2) is 0 Å². The number of carboxylic acid groups (broad SMARTS) is 1. The number of ether oxygens (including phenoxy) is 3. The minimum atomic E-state index is -0.934. The van der Waals surface area contributed by atoms with Crippen molar-refractivity contribution in [2.45, 2.75) is 49.9 Å². The van der Waals surface area contributed by atoms with E-state index < -0.39 is 18.2 Å². The minimum Gasteiger partial charge on any atom is -0.487 e. The van der Waals surface area contributed by atoms with Gasteiger partial charge in [0.2, 0.25) is 5.91 Å². The van der Waals surface area contributed by atoms with Crippen molar-refractivity contribution in [3.63, 3.8) is 0 Å². The van der Waals surface area contributed by atoms with E-state index in [4.69, 9.17) is 19.3 Å². The number of nitrogens with one attached hydrogen (secondary N) is 1. The Morgan fingerprint density at radius 1 is 1.21 bits per heavy atom. The molecule has 0 spiro atoms. The number of hydrogen-bond donors (Lipinski definition) is 3. The van der Waals surface area contributed by atoms with Gasteiger partial charge in [-0.25, -0.2) is 0 Å². The number of rotatable bonds is 5. The maximum Gasteiger partial charge on any atom is 0.305 e. The number of benzene rings is 1. The monoisotopic (exact) mass is 391 g/mol. The fourth-order valence-electron chi connectivity index (χ4n) is 4.37. The zero-order valence-electron chi connectivity index (χ0n) is 15.5. The quantitative estimate of drug-likeness (QED) is 0.697. The van der Waals surface area contributed by atoms with Gasteiger partial charge in [0.05, 0.1) is 19.1 Å². The standard InChI is InChI=1S/C20H25NO7/c22-10-17-19-15(8-13(27-17)9-18(23)24)14-7-12(1-2-16(14)28-19)21-20(25)11-3-5-26-6-4-11/h1-2,7,11,13,15,17,19,22H,3-6,8-10H2,(H,21,25)(H,23,24)/t13-,15-,17+,19+/m1/s1. The predicted molar refractivity (Wildman–Crippen MR) is 98.4 cm³/mol. The summed E-state index contributed by atoms with van der Waals surface area (Å²) in [6.07, 6.45) is 0.411. The van der Waals surface area contributed by atoms with Crippen LogP contribution in [0.25, 0.3) is 0 Å². The Balaban J connectivity index is 1.51. The summed E-state index contributed by atoms with van der Waals surface area (Å²) in [6.45, 7) is 0.972. The molecule has 4 rings (SSSR count). The molecule has 28 heavy (non-hydrogen) atoms. The molecule has 0 radical (unpaired) electrons. The highest BCUT2D eigenvalue weighted by Crippen LogP contribution is 2.47. The van der Waals surface area contributed by atoms with Crippen molar-refractivity contribution in [3.05, 3.63) is 23.8 Å². The van der Waals surface area contributed by atoms with Crippen LogP contribution in [-0.2, 0) is 19.1 Å². The van der Waals surface area contributed by atoms with E-state index in [9.17, 15) is 14.7 Å². The third-order valence-corrected chi connectivity index (χ3v) is 5.76. The maximum absolute atomic E-state index is 12.5. The van der Waals surface area contributed by atoms with Gasteiger partial charge in [-0.2, -0.15) is 0 Å². The van der Waals surface area contributed by atoms with Crippen LogP contribution in [0.1, 0.15) is 37.2 Å². The number of hydrogen-bond acceptors (Lipinski definition) is 6. The summed E-state index contributed by atoms with van der Waals surface area (Å²) in [4.78, 5) is 23.6. The van der Waals surface area contributed by atoms with Gasteiger partial charge >= 0.3 is 5.97 Å². The lowest BCUT2D eigenvalue weighted by molar-refractivity contribution is -0.153. The van der Waals surface area contributed by atoms with Gasteiger partial charge in [0, 0.05) is 36.3 Å². The van der Waals surface area contributed by atoms with Crippen molar-refractivity contribution in [1.82, 2.24) is 0 Å². The molecular formula is C20H25NO7. The van der Waals surface area contributed by atoms with Crippen LogP contribution >= 0.6 is 0 Å². The van der Waals surface area contributed by atoms with Gasteiger partial charge in [-0.05, 0) is 37.5 Å². The average molecular weight is 391 g/mol. The third kappa shape index (κ3) is 3.85. The molecule has 0 aromatic heterocycles. The molecule has 0 aliphatic carbocycles. The van der Waals surface area contributed by atoms with Crippen LogP contribution < -0.4 is 10.1 Å². The highest BCUT2D eigenvalue weighted by Gasteiger charge is 2.46. The first-order valence-electron chi connectivity index (χ1n) is 9.72. The molecule has 4 atom stereocenters. The van der Waals surface area contributed by atoms with E-state index >= 15 is 0 Å². The van der Waals surface area contributed by atoms with E-state index in [2.05, 4.69) is 5.32 Å². The van der Waals surface area contributed by atoms with Crippen LogP contribution in [0.2, 0.25) is 0 Å². The SMILES string of the molecule is O=C(O)C[C@H]1C[C@@H]2c3cc(NC(=O)C4CCOCC4)ccc3O[C@@H]2[C@H](CO)O1. The number of carbonyl (C=O) groups is 2. The smallest absolute Gasteiger partial charge is 0.305 e. The first-order valence-corrected chi connectivity index (χ1v) is 9.72. The van der Waals surface area contributed by atoms with Gasteiger partial charge in [-0.1, -0.05) is 0 Å². The predicted octanol–water partition coefficient (Wildman–Crippen LogP) is 1.52. The van der Waals surface area contributed by atoms with Gasteiger partial charge in [-0.15, -0.1) is 0 Å². The first-order chi connectivity index (χ1) is 13.5. The number of aliphatic hydroxyl groups excluding tert-OH is 1. The lowest BCUT2D eigenvalue weighted by Gasteiger charge is -2.36. The Hall–Kier alpha value is -2.16. The van der Waals surface area contributed by atoms with Gasteiger partial charge in [0.1, 0.15) is 18.0 Å². The third-order valence-electron chi connectivity index (χ3n) is 5.76. The van der Waals surface area contributed by atoms with Gasteiger partial charge < -0.3 is 29.7 Å². The van der Waals surface area contributed by atoms with Crippen molar-refractivity contribution < 1.29 is 34.0 Å². The second-order valence-corrected chi connectivity index (χ2v) is 7.63. The van der Waals surface area contributed by atoms with Gasteiger partial charge in [-0.3, -0.25) is 9.59 Å². The van der Waals surface area contributed by atoms with Crippen LogP contribution in [-0.4, -0.2) is 60.2 Å². The largest absolute Gasteiger partial charge is 0.487 e. The molecule has 152 valence electrons. The van der Waals surface area contributed by atoms with Crippen molar-refractivity contribution in [3.8, 4) is 5.75 Å². The Labute approximate surface area is 162 Å². The highest BCUT2D eigenvalue weighted by atomic mass is 16.6. The molecule has 0 bridgehead atoms. The molecule has 1 amide bonds. The van der Waals surface area contributed by atoms with E-state index in [1.54, 1.807) is 6.07 Å². The molecule has 3 aliphatic heterocycles. The second-order valence-electron chi connectivity index (χ2n) is 7.63. The van der Waals surface area contributed by atoms with E-state index in [0.717, 1.165) is 18.4 Å². The number of aliphatic hydroxyl groups is 1. The summed E-state index contributed by atoms with van der Waals surface area (Å²) in [5.41, 5.74) is 1.62. The van der Waals surface area contributed by atoms with Crippen LogP contribution in [0, 0.1) is 5.92 Å². The van der Waals surface area contributed by atoms with Crippen molar-refractivity contribution in [2.75, 3.05) is 25.1 Å². The van der Waals surface area contributed by atoms with Crippen molar-refractivity contribution >= 4 is 17.6 Å². The molecule has 8 heteroatoms. The topological polar surface area (TPSA) is 114 Å². The van der Waals surface area contributed by atoms with Crippen LogP contribution in [0.5, 0.6) is 5.75 Å². The molecule has 8 nitrogen and oxygen atoms in total. The normalized spacial score (nSPS) is 29.5. The zero-order chi connectivity index (χ0) is 19.7.